The molecule has 3 N–H and O–H groups in total. The number of thiophene rings is 1. The Morgan fingerprint density at radius 3 is 2.92 bits per heavy atom. The first-order valence-electron chi connectivity index (χ1n) is 4.04. The molecule has 2 nitrogen and oxygen atoms in total. The normalized spacial score (nSPS) is 13.2. The van der Waals surface area contributed by atoms with E-state index in [1.165, 1.54) is 4.88 Å². The van der Waals surface area contributed by atoms with Gasteiger partial charge >= 0.3 is 0 Å². The van der Waals surface area contributed by atoms with Gasteiger partial charge in [-0.2, -0.15) is 0 Å². The van der Waals surface area contributed by atoms with Crippen LogP contribution in [0, 0.1) is 0 Å². The van der Waals surface area contributed by atoms with Gasteiger partial charge in [0.25, 0.3) is 0 Å². The van der Waals surface area contributed by atoms with E-state index in [1.807, 2.05) is 11.4 Å². The Bertz CT molecular complexity index is 254. The number of alkyl halides is 1. The van der Waals surface area contributed by atoms with Crippen molar-refractivity contribution in [1.82, 2.24) is 5.43 Å². The van der Waals surface area contributed by atoms with Crippen LogP contribution < -0.4 is 11.3 Å². The van der Waals surface area contributed by atoms with Crippen LogP contribution >= 0.6 is 38.9 Å². The van der Waals surface area contributed by atoms with Crippen molar-refractivity contribution >= 4 is 38.9 Å². The van der Waals surface area contributed by atoms with E-state index >= 15 is 0 Å². The van der Waals surface area contributed by atoms with Crippen molar-refractivity contribution in [1.29, 1.82) is 0 Å². The Morgan fingerprint density at radius 1 is 1.69 bits per heavy atom. The van der Waals surface area contributed by atoms with Crippen molar-refractivity contribution in [2.24, 2.45) is 5.84 Å². The lowest BCUT2D eigenvalue weighted by Crippen LogP contribution is -2.27. The van der Waals surface area contributed by atoms with Crippen LogP contribution in [0.5, 0.6) is 0 Å². The molecule has 1 unspecified atom stereocenters. The molecule has 1 rings (SSSR count). The van der Waals surface area contributed by atoms with Gasteiger partial charge in [0, 0.05) is 15.2 Å². The molecule has 0 aliphatic carbocycles. The Kier molecular flexibility index (Phi) is 5.28. The highest BCUT2D eigenvalue weighted by Gasteiger charge is 2.13. The molecule has 74 valence electrons. The molecule has 0 spiro atoms. The van der Waals surface area contributed by atoms with Crippen LogP contribution in [0.2, 0.25) is 0 Å². The molecule has 1 aromatic heterocycles. The minimum Gasteiger partial charge on any atom is -0.271 e. The van der Waals surface area contributed by atoms with E-state index in [2.05, 4.69) is 21.4 Å². The van der Waals surface area contributed by atoms with Gasteiger partial charge in [0.2, 0.25) is 0 Å². The summed E-state index contributed by atoms with van der Waals surface area (Å²) >= 11 is 10.8. The van der Waals surface area contributed by atoms with E-state index in [1.54, 1.807) is 11.3 Å². The van der Waals surface area contributed by atoms with Gasteiger partial charge in [-0.1, -0.05) is 0 Å². The third-order valence-corrected chi connectivity index (χ3v) is 4.04. The SMILES string of the molecule is NNC(CCCCl)c1sccc1Br. The first kappa shape index (κ1) is 11.5. The summed E-state index contributed by atoms with van der Waals surface area (Å²) in [6.45, 7) is 0. The minimum atomic E-state index is 0.216. The first-order valence-corrected chi connectivity index (χ1v) is 6.25. The van der Waals surface area contributed by atoms with Crippen LogP contribution in [-0.2, 0) is 0 Å². The smallest absolute Gasteiger partial charge is 0.0565 e. The predicted octanol–water partition coefficient (Wildman–Crippen LogP) is 3.03. The molecule has 1 aromatic rings. The Hall–Kier alpha value is 0.390. The number of hydrazine groups is 1. The highest BCUT2D eigenvalue weighted by molar-refractivity contribution is 9.10. The fourth-order valence-electron chi connectivity index (χ4n) is 1.13. The van der Waals surface area contributed by atoms with Crippen molar-refractivity contribution in [3.8, 4) is 0 Å². The summed E-state index contributed by atoms with van der Waals surface area (Å²) in [6.07, 6.45) is 1.94. The summed E-state index contributed by atoms with van der Waals surface area (Å²) in [6, 6.07) is 2.25. The molecule has 0 aromatic carbocycles. The number of hydrogen-bond acceptors (Lipinski definition) is 3. The van der Waals surface area contributed by atoms with Crippen LogP contribution in [0.3, 0.4) is 0 Å². The summed E-state index contributed by atoms with van der Waals surface area (Å²) in [5.41, 5.74) is 2.80. The molecular formula is C8H12BrClN2S. The first-order chi connectivity index (χ1) is 6.29. The van der Waals surface area contributed by atoms with Crippen molar-refractivity contribution in [3.05, 3.63) is 20.8 Å². The van der Waals surface area contributed by atoms with Gasteiger partial charge in [0.05, 0.1) is 6.04 Å². The van der Waals surface area contributed by atoms with Gasteiger partial charge < -0.3 is 0 Å². The van der Waals surface area contributed by atoms with Crippen LogP contribution in [0.15, 0.2) is 15.9 Å². The van der Waals surface area contributed by atoms with Crippen LogP contribution in [0.1, 0.15) is 23.8 Å². The largest absolute Gasteiger partial charge is 0.271 e. The fourth-order valence-corrected chi connectivity index (χ4v) is 3.03. The zero-order valence-corrected chi connectivity index (χ0v) is 10.3. The van der Waals surface area contributed by atoms with Crippen LogP contribution in [0.25, 0.3) is 0 Å². The van der Waals surface area contributed by atoms with E-state index in [4.69, 9.17) is 17.4 Å². The third-order valence-electron chi connectivity index (χ3n) is 1.79. The van der Waals surface area contributed by atoms with Crippen molar-refractivity contribution in [2.45, 2.75) is 18.9 Å². The number of nitrogens with one attached hydrogen (secondary N) is 1. The van der Waals surface area contributed by atoms with E-state index in [9.17, 15) is 0 Å². The average Bonchev–Trinajstić information content (AvgIpc) is 2.54. The number of rotatable bonds is 5. The zero-order valence-electron chi connectivity index (χ0n) is 7.09. The molecule has 1 heterocycles. The fraction of sp³-hybridized carbons (Fsp3) is 0.500. The lowest BCUT2D eigenvalue weighted by atomic mass is 10.1. The van der Waals surface area contributed by atoms with Crippen LogP contribution in [0.4, 0.5) is 0 Å². The summed E-state index contributed by atoms with van der Waals surface area (Å²) in [4.78, 5) is 1.24. The van der Waals surface area contributed by atoms with E-state index < -0.39 is 0 Å². The molecular weight excluding hydrogens is 272 g/mol. The topological polar surface area (TPSA) is 38.0 Å². The summed E-state index contributed by atoms with van der Waals surface area (Å²) in [5, 5.41) is 2.05. The molecule has 0 bridgehead atoms. The maximum Gasteiger partial charge on any atom is 0.0565 e. The Morgan fingerprint density at radius 2 is 2.46 bits per heavy atom. The van der Waals surface area contributed by atoms with Gasteiger partial charge in [0.1, 0.15) is 0 Å². The number of nitrogens with two attached hydrogens (primary N) is 1. The zero-order chi connectivity index (χ0) is 9.68. The molecule has 13 heavy (non-hydrogen) atoms. The quantitative estimate of drug-likeness (QED) is 0.495. The minimum absolute atomic E-state index is 0.216. The van der Waals surface area contributed by atoms with Crippen molar-refractivity contribution in [3.63, 3.8) is 0 Å². The molecule has 0 saturated carbocycles. The standard InChI is InChI=1S/C8H12BrClN2S/c9-6-3-5-13-8(6)7(12-11)2-1-4-10/h3,5,7,12H,1-2,4,11H2. The monoisotopic (exact) mass is 282 g/mol. The predicted molar refractivity (Wildman–Crippen MR) is 62.0 cm³/mol. The lowest BCUT2D eigenvalue weighted by Gasteiger charge is -2.13. The Balaban J connectivity index is 2.61. The second-order valence-corrected chi connectivity index (χ2v) is 4.86. The molecule has 1 atom stereocenters. The molecule has 5 heteroatoms. The average molecular weight is 284 g/mol. The van der Waals surface area contributed by atoms with E-state index in [0.717, 1.165) is 17.3 Å². The molecule has 0 saturated heterocycles. The maximum absolute atomic E-state index is 5.63. The van der Waals surface area contributed by atoms with Gasteiger partial charge in [-0.05, 0) is 40.2 Å². The molecule has 0 radical (unpaired) electrons. The van der Waals surface area contributed by atoms with Crippen LogP contribution in [-0.4, -0.2) is 5.88 Å². The molecule has 0 amide bonds. The van der Waals surface area contributed by atoms with Gasteiger partial charge in [0.15, 0.2) is 0 Å². The van der Waals surface area contributed by atoms with E-state index in [0.29, 0.717) is 5.88 Å². The number of halogens is 2. The molecule has 0 aliphatic rings. The van der Waals surface area contributed by atoms with Gasteiger partial charge in [-0.25, -0.2) is 0 Å². The summed E-state index contributed by atoms with van der Waals surface area (Å²) in [7, 11) is 0. The third kappa shape index (κ3) is 3.22. The summed E-state index contributed by atoms with van der Waals surface area (Å²) < 4.78 is 1.12. The lowest BCUT2D eigenvalue weighted by molar-refractivity contribution is 0.517. The number of hydrogen-bond donors (Lipinski definition) is 2. The molecule has 0 aliphatic heterocycles. The highest BCUT2D eigenvalue weighted by atomic mass is 79.9. The van der Waals surface area contributed by atoms with Crippen molar-refractivity contribution < 1.29 is 0 Å². The van der Waals surface area contributed by atoms with Gasteiger partial charge in [-0.3, -0.25) is 11.3 Å². The second-order valence-electron chi connectivity index (χ2n) is 2.68. The Labute approximate surface area is 95.6 Å². The van der Waals surface area contributed by atoms with Gasteiger partial charge in [-0.15, -0.1) is 22.9 Å². The maximum atomic E-state index is 5.63. The second kappa shape index (κ2) is 5.98. The van der Waals surface area contributed by atoms with E-state index in [-0.39, 0.29) is 6.04 Å². The van der Waals surface area contributed by atoms with Crippen molar-refractivity contribution in [2.75, 3.05) is 5.88 Å². The summed E-state index contributed by atoms with van der Waals surface area (Å²) in [5.74, 6) is 6.15. The highest BCUT2D eigenvalue weighted by Crippen LogP contribution is 2.30. The molecule has 0 fully saturated rings.